The molecule has 0 radical (unpaired) electrons. The predicted octanol–water partition coefficient (Wildman–Crippen LogP) is 3.92. The number of amides is 1. The number of hydrogen-bond acceptors (Lipinski definition) is 4. The first-order valence-corrected chi connectivity index (χ1v) is 7.79. The molecule has 0 aliphatic rings. The number of nitrogens with zero attached hydrogens (tertiary/aromatic N) is 2. The Hall–Kier alpha value is -3.02. The van der Waals surface area contributed by atoms with Gasteiger partial charge in [0.25, 0.3) is 11.6 Å². The SMILES string of the molecule is CCCC/C(=N\NC(=O)c1ccccc1[N+](=O)[O-])c1ccccc1. The molecule has 0 bridgehead atoms. The van der Waals surface area contributed by atoms with Gasteiger partial charge in [-0.2, -0.15) is 5.10 Å². The van der Waals surface area contributed by atoms with Crippen molar-refractivity contribution >= 4 is 17.3 Å². The van der Waals surface area contributed by atoms with E-state index in [-0.39, 0.29) is 11.3 Å². The molecule has 124 valence electrons. The van der Waals surface area contributed by atoms with E-state index in [2.05, 4.69) is 17.5 Å². The fourth-order valence-electron chi connectivity index (χ4n) is 2.24. The van der Waals surface area contributed by atoms with Gasteiger partial charge < -0.3 is 0 Å². The Labute approximate surface area is 140 Å². The number of nitro groups is 1. The first-order valence-electron chi connectivity index (χ1n) is 7.79. The van der Waals surface area contributed by atoms with Crippen LogP contribution in [-0.2, 0) is 0 Å². The summed E-state index contributed by atoms with van der Waals surface area (Å²) in [5.41, 5.74) is 3.88. The molecule has 2 aromatic carbocycles. The zero-order valence-corrected chi connectivity index (χ0v) is 13.4. The van der Waals surface area contributed by atoms with E-state index in [1.165, 1.54) is 18.2 Å². The number of nitrogens with one attached hydrogen (secondary N) is 1. The molecule has 1 amide bonds. The van der Waals surface area contributed by atoms with Crippen molar-refractivity contribution in [2.24, 2.45) is 5.10 Å². The van der Waals surface area contributed by atoms with Crippen LogP contribution in [0.4, 0.5) is 5.69 Å². The summed E-state index contributed by atoms with van der Waals surface area (Å²) >= 11 is 0. The number of nitro benzene ring substituents is 1. The molecule has 2 rings (SSSR count). The van der Waals surface area contributed by atoms with E-state index in [0.717, 1.165) is 30.5 Å². The van der Waals surface area contributed by atoms with Crippen molar-refractivity contribution in [2.45, 2.75) is 26.2 Å². The summed E-state index contributed by atoms with van der Waals surface area (Å²) < 4.78 is 0. The Kier molecular flexibility index (Phi) is 6.19. The maximum atomic E-state index is 12.3. The van der Waals surface area contributed by atoms with Crippen LogP contribution in [0.1, 0.15) is 42.1 Å². The normalized spacial score (nSPS) is 11.1. The topological polar surface area (TPSA) is 84.6 Å². The summed E-state index contributed by atoms with van der Waals surface area (Å²) in [4.78, 5) is 22.7. The average molecular weight is 325 g/mol. The monoisotopic (exact) mass is 325 g/mol. The minimum atomic E-state index is -0.591. The zero-order chi connectivity index (χ0) is 17.4. The lowest BCUT2D eigenvalue weighted by molar-refractivity contribution is -0.385. The van der Waals surface area contributed by atoms with Gasteiger partial charge in [0.05, 0.1) is 10.6 Å². The largest absolute Gasteiger partial charge is 0.282 e. The molecule has 1 N–H and O–H groups in total. The number of hydrazone groups is 1. The van der Waals surface area contributed by atoms with E-state index < -0.39 is 10.8 Å². The Balaban J connectivity index is 2.22. The number of carbonyl (C=O) groups excluding carboxylic acids is 1. The Bertz CT molecular complexity index is 742. The predicted molar refractivity (Wildman–Crippen MR) is 93.1 cm³/mol. The molecule has 0 aliphatic heterocycles. The fraction of sp³-hybridized carbons (Fsp3) is 0.222. The molecule has 0 heterocycles. The highest BCUT2D eigenvalue weighted by molar-refractivity contribution is 6.03. The van der Waals surface area contributed by atoms with Crippen LogP contribution in [0.5, 0.6) is 0 Å². The number of carbonyl (C=O) groups is 1. The lowest BCUT2D eigenvalue weighted by Gasteiger charge is -2.07. The standard InChI is InChI=1S/C18H19N3O3/c1-2-3-12-16(14-9-5-4-6-10-14)19-20-18(22)15-11-7-8-13-17(15)21(23)24/h4-11,13H,2-3,12H2,1H3,(H,20,22)/b19-16+. The van der Waals surface area contributed by atoms with Gasteiger partial charge in [0.15, 0.2) is 0 Å². The molecule has 0 unspecified atom stereocenters. The molecule has 0 saturated heterocycles. The van der Waals surface area contributed by atoms with E-state index >= 15 is 0 Å². The lowest BCUT2D eigenvalue weighted by Crippen LogP contribution is -2.21. The first kappa shape index (κ1) is 17.3. The minimum Gasteiger partial charge on any atom is -0.267 e. The van der Waals surface area contributed by atoms with Gasteiger partial charge in [-0.05, 0) is 24.5 Å². The Morgan fingerprint density at radius 1 is 1.12 bits per heavy atom. The molecular formula is C18H19N3O3. The third-order valence-corrected chi connectivity index (χ3v) is 3.51. The number of hydrogen-bond donors (Lipinski definition) is 1. The van der Waals surface area contributed by atoms with Crippen LogP contribution in [-0.4, -0.2) is 16.5 Å². The van der Waals surface area contributed by atoms with E-state index in [1.54, 1.807) is 6.07 Å². The van der Waals surface area contributed by atoms with Gasteiger partial charge in [-0.25, -0.2) is 5.43 Å². The van der Waals surface area contributed by atoms with Crippen LogP contribution in [0.2, 0.25) is 0 Å². The molecule has 0 aliphatic carbocycles. The van der Waals surface area contributed by atoms with E-state index in [9.17, 15) is 14.9 Å². The molecule has 6 heteroatoms. The molecule has 0 aromatic heterocycles. The molecule has 2 aromatic rings. The first-order chi connectivity index (χ1) is 11.6. The van der Waals surface area contributed by atoms with E-state index in [4.69, 9.17) is 0 Å². The summed E-state index contributed by atoms with van der Waals surface area (Å²) in [6.07, 6.45) is 2.66. The second-order valence-corrected chi connectivity index (χ2v) is 5.24. The molecule has 0 spiro atoms. The van der Waals surface area contributed by atoms with Crippen molar-refractivity contribution in [2.75, 3.05) is 0 Å². The second kappa shape index (κ2) is 8.57. The molecule has 0 atom stereocenters. The van der Waals surface area contributed by atoms with Crippen LogP contribution in [0, 0.1) is 10.1 Å². The third-order valence-electron chi connectivity index (χ3n) is 3.51. The van der Waals surface area contributed by atoms with Gasteiger partial charge in [-0.1, -0.05) is 55.8 Å². The average Bonchev–Trinajstić information content (AvgIpc) is 2.62. The summed E-state index contributed by atoms with van der Waals surface area (Å²) in [6, 6.07) is 15.4. The lowest BCUT2D eigenvalue weighted by atomic mass is 10.1. The number of benzene rings is 2. The van der Waals surface area contributed by atoms with Crippen LogP contribution in [0.25, 0.3) is 0 Å². The molecule has 0 saturated carbocycles. The van der Waals surface area contributed by atoms with Crippen molar-refractivity contribution in [1.29, 1.82) is 0 Å². The van der Waals surface area contributed by atoms with Crippen LogP contribution >= 0.6 is 0 Å². The maximum Gasteiger partial charge on any atom is 0.282 e. The number of para-hydroxylation sites is 1. The minimum absolute atomic E-state index is 0.00541. The van der Waals surface area contributed by atoms with Gasteiger partial charge in [0.2, 0.25) is 0 Å². The highest BCUT2D eigenvalue weighted by atomic mass is 16.6. The molecular weight excluding hydrogens is 306 g/mol. The summed E-state index contributed by atoms with van der Waals surface area (Å²) in [7, 11) is 0. The maximum absolute atomic E-state index is 12.3. The molecule has 6 nitrogen and oxygen atoms in total. The van der Waals surface area contributed by atoms with Gasteiger partial charge in [-0.15, -0.1) is 0 Å². The Morgan fingerprint density at radius 3 is 2.46 bits per heavy atom. The van der Waals surface area contributed by atoms with Crippen LogP contribution in [0.3, 0.4) is 0 Å². The smallest absolute Gasteiger partial charge is 0.267 e. The summed E-state index contributed by atoms with van der Waals surface area (Å²) in [5.74, 6) is -0.591. The van der Waals surface area contributed by atoms with Gasteiger partial charge in [-0.3, -0.25) is 14.9 Å². The van der Waals surface area contributed by atoms with Gasteiger partial charge in [0.1, 0.15) is 5.56 Å². The summed E-state index contributed by atoms with van der Waals surface area (Å²) in [5, 5.41) is 15.2. The van der Waals surface area contributed by atoms with Crippen LogP contribution in [0.15, 0.2) is 59.7 Å². The van der Waals surface area contributed by atoms with Crippen molar-refractivity contribution in [3.8, 4) is 0 Å². The van der Waals surface area contributed by atoms with E-state index in [1.807, 2.05) is 30.3 Å². The van der Waals surface area contributed by atoms with Crippen molar-refractivity contribution < 1.29 is 9.72 Å². The van der Waals surface area contributed by atoms with Crippen molar-refractivity contribution in [1.82, 2.24) is 5.43 Å². The van der Waals surface area contributed by atoms with E-state index in [0.29, 0.717) is 0 Å². The second-order valence-electron chi connectivity index (χ2n) is 5.24. The quantitative estimate of drug-likeness (QED) is 0.475. The summed E-state index contributed by atoms with van der Waals surface area (Å²) in [6.45, 7) is 2.08. The van der Waals surface area contributed by atoms with Gasteiger partial charge in [0, 0.05) is 6.07 Å². The highest BCUT2D eigenvalue weighted by Crippen LogP contribution is 2.17. The van der Waals surface area contributed by atoms with Crippen molar-refractivity contribution in [3.05, 3.63) is 75.8 Å². The highest BCUT2D eigenvalue weighted by Gasteiger charge is 2.19. The Morgan fingerprint density at radius 2 is 1.79 bits per heavy atom. The van der Waals surface area contributed by atoms with Crippen molar-refractivity contribution in [3.63, 3.8) is 0 Å². The van der Waals surface area contributed by atoms with Crippen LogP contribution < -0.4 is 5.43 Å². The van der Waals surface area contributed by atoms with Gasteiger partial charge >= 0.3 is 0 Å². The third kappa shape index (κ3) is 4.49. The zero-order valence-electron chi connectivity index (χ0n) is 13.4. The number of rotatable bonds is 7. The number of unbranched alkanes of at least 4 members (excludes halogenated alkanes) is 1. The molecule has 24 heavy (non-hydrogen) atoms. The molecule has 0 fully saturated rings. The fourth-order valence-corrected chi connectivity index (χ4v) is 2.24.